The molecule has 9 nitrogen and oxygen atoms in total. The molecule has 0 aliphatic carbocycles. The summed E-state index contributed by atoms with van der Waals surface area (Å²) in [5.74, 6) is -0.0364. The van der Waals surface area contributed by atoms with Crippen molar-refractivity contribution in [3.05, 3.63) is 141 Å². The van der Waals surface area contributed by atoms with E-state index in [1.54, 1.807) is 12.1 Å². The molecule has 4 aromatic carbocycles. The number of nitrogens with one attached hydrogen (secondary N) is 2. The van der Waals surface area contributed by atoms with Crippen LogP contribution in [0.25, 0.3) is 11.0 Å². The van der Waals surface area contributed by atoms with Gasteiger partial charge in [-0.3, -0.25) is 9.36 Å². The quantitative estimate of drug-likeness (QED) is 0.185. The van der Waals surface area contributed by atoms with E-state index in [1.807, 2.05) is 95.6 Å². The van der Waals surface area contributed by atoms with Gasteiger partial charge in [0.15, 0.2) is 6.29 Å². The van der Waals surface area contributed by atoms with Crippen molar-refractivity contribution in [1.82, 2.24) is 19.8 Å². The van der Waals surface area contributed by atoms with Crippen LogP contribution in [-0.4, -0.2) is 51.2 Å². The molecule has 2 aliphatic heterocycles. The number of rotatable bonds is 9. The lowest BCUT2D eigenvalue weighted by atomic mass is 9.89. The molecule has 0 spiro atoms. The van der Waals surface area contributed by atoms with E-state index in [0.29, 0.717) is 12.1 Å². The number of aromatic nitrogens is 2. The number of likely N-dealkylation sites (tertiary alicyclic amines) is 1. The Hall–Kier alpha value is -4.54. The van der Waals surface area contributed by atoms with Gasteiger partial charge in [-0.2, -0.15) is 0 Å². The van der Waals surface area contributed by atoms with E-state index in [-0.39, 0.29) is 42.4 Å². The Labute approximate surface area is 280 Å². The molecule has 2 aliphatic rings. The minimum absolute atomic E-state index is 0.00546. The minimum Gasteiger partial charge on any atom is -0.392 e. The number of fused-ring (bicyclic) bond motifs is 1. The van der Waals surface area contributed by atoms with Gasteiger partial charge in [-0.15, -0.1) is 0 Å². The normalized spacial score (nSPS) is 22.1. The number of aliphatic hydroxyl groups excluding tert-OH is 1. The zero-order valence-corrected chi connectivity index (χ0v) is 27.1. The molecular weight excluding hydrogens is 604 g/mol. The van der Waals surface area contributed by atoms with E-state index in [0.717, 1.165) is 65.8 Å². The Bertz CT molecular complexity index is 1880. The fraction of sp³-hybridized carbons (Fsp3) is 0.333. The first kappa shape index (κ1) is 32.0. The molecule has 3 heterocycles. The number of H-pyrrole nitrogens is 1. The number of piperidine rings is 1. The fourth-order valence-corrected chi connectivity index (χ4v) is 7.05. The maximum atomic E-state index is 12.8. The second kappa shape index (κ2) is 14.3. The lowest BCUT2D eigenvalue weighted by Crippen LogP contribution is -2.47. The number of nitrogens with zero attached hydrogens (tertiary/aromatic N) is 2. The number of amides is 1. The molecule has 2 saturated heterocycles. The van der Waals surface area contributed by atoms with E-state index >= 15 is 0 Å². The summed E-state index contributed by atoms with van der Waals surface area (Å²) in [6.07, 6.45) is 0.912. The molecular formula is C39H42N4O5. The molecule has 1 amide bonds. The first-order valence-electron chi connectivity index (χ1n) is 16.8. The van der Waals surface area contributed by atoms with Crippen molar-refractivity contribution in [2.24, 2.45) is 5.92 Å². The molecule has 0 radical (unpaired) electrons. The molecule has 4 atom stereocenters. The molecule has 4 unspecified atom stereocenters. The summed E-state index contributed by atoms with van der Waals surface area (Å²) in [6, 6.07) is 33.2. The molecule has 0 saturated carbocycles. The number of hydrogen-bond donors (Lipinski definition) is 3. The monoisotopic (exact) mass is 646 g/mol. The third-order valence-electron chi connectivity index (χ3n) is 9.85. The van der Waals surface area contributed by atoms with Gasteiger partial charge in [-0.1, -0.05) is 85.8 Å². The Morgan fingerprint density at radius 1 is 0.854 bits per heavy atom. The van der Waals surface area contributed by atoms with Gasteiger partial charge in [0, 0.05) is 49.3 Å². The summed E-state index contributed by atoms with van der Waals surface area (Å²) >= 11 is 0. The van der Waals surface area contributed by atoms with Crippen molar-refractivity contribution in [1.29, 1.82) is 0 Å². The van der Waals surface area contributed by atoms with E-state index < -0.39 is 6.29 Å². The standard InChI is InChI=1S/C39H42N4O5/c1-26-35(24-42-21-19-32(20-22-42)43-34-10-6-5-9-33(34)41-39(43)46)47-38(48-36(26)29-15-13-28(25-44)14-16-29)31-17-11-27(12-18-31)23-40-37(45)30-7-3-2-4-8-30/h2-18,26,32,35-36,38,44H,19-25H2,1H3,(H,40,45)(H,41,46). The van der Waals surface area contributed by atoms with Crippen LogP contribution in [0.5, 0.6) is 0 Å². The van der Waals surface area contributed by atoms with Crippen LogP contribution in [-0.2, 0) is 22.6 Å². The summed E-state index contributed by atoms with van der Waals surface area (Å²) in [6.45, 7) is 5.09. The van der Waals surface area contributed by atoms with Gasteiger partial charge >= 0.3 is 5.69 Å². The number of benzene rings is 4. The highest BCUT2D eigenvalue weighted by Gasteiger charge is 2.39. The summed E-state index contributed by atoms with van der Waals surface area (Å²) in [5.41, 5.74) is 6.24. The lowest BCUT2D eigenvalue weighted by molar-refractivity contribution is -0.276. The number of imidazole rings is 1. The van der Waals surface area contributed by atoms with Gasteiger partial charge in [0.2, 0.25) is 0 Å². The predicted molar refractivity (Wildman–Crippen MR) is 184 cm³/mol. The average molecular weight is 647 g/mol. The first-order chi connectivity index (χ1) is 23.5. The van der Waals surface area contributed by atoms with Crippen LogP contribution in [0.3, 0.4) is 0 Å². The number of para-hydroxylation sites is 2. The van der Waals surface area contributed by atoms with E-state index in [1.165, 1.54) is 0 Å². The molecule has 9 heteroatoms. The third kappa shape index (κ3) is 6.86. The summed E-state index contributed by atoms with van der Waals surface area (Å²) in [5, 5.41) is 12.6. The number of carbonyl (C=O) groups excluding carboxylic acids is 1. The summed E-state index contributed by atoms with van der Waals surface area (Å²) in [4.78, 5) is 30.8. The zero-order chi connectivity index (χ0) is 33.0. The smallest absolute Gasteiger partial charge is 0.326 e. The van der Waals surface area contributed by atoms with Crippen LogP contribution in [0, 0.1) is 5.92 Å². The maximum Gasteiger partial charge on any atom is 0.326 e. The molecule has 1 aromatic heterocycles. The predicted octanol–water partition coefficient (Wildman–Crippen LogP) is 5.88. The van der Waals surface area contributed by atoms with Crippen LogP contribution in [0.1, 0.15) is 70.8 Å². The zero-order valence-electron chi connectivity index (χ0n) is 27.1. The third-order valence-corrected chi connectivity index (χ3v) is 9.85. The molecule has 5 aromatic rings. The molecule has 248 valence electrons. The second-order valence-electron chi connectivity index (χ2n) is 13.0. The molecule has 0 bridgehead atoms. The van der Waals surface area contributed by atoms with Gasteiger partial charge in [0.1, 0.15) is 0 Å². The van der Waals surface area contributed by atoms with Crippen molar-refractivity contribution in [2.45, 2.75) is 57.5 Å². The fourth-order valence-electron chi connectivity index (χ4n) is 7.05. The molecule has 7 rings (SSSR count). The highest BCUT2D eigenvalue weighted by molar-refractivity contribution is 5.94. The summed E-state index contributed by atoms with van der Waals surface area (Å²) < 4.78 is 15.3. The molecule has 2 fully saturated rings. The van der Waals surface area contributed by atoms with Crippen molar-refractivity contribution in [2.75, 3.05) is 19.6 Å². The lowest BCUT2D eigenvalue weighted by Gasteiger charge is -2.44. The molecule has 3 N–H and O–H groups in total. The Kier molecular flexibility index (Phi) is 9.54. The number of aromatic amines is 1. The van der Waals surface area contributed by atoms with Gasteiger partial charge in [-0.05, 0) is 53.8 Å². The topological polar surface area (TPSA) is 109 Å². The minimum atomic E-state index is -0.566. The number of hydrogen-bond acceptors (Lipinski definition) is 6. The van der Waals surface area contributed by atoms with Crippen LogP contribution in [0.15, 0.2) is 108 Å². The highest BCUT2D eigenvalue weighted by Crippen LogP contribution is 2.42. The number of ether oxygens (including phenoxy) is 2. The van der Waals surface area contributed by atoms with E-state index in [4.69, 9.17) is 9.47 Å². The van der Waals surface area contributed by atoms with E-state index in [9.17, 15) is 14.7 Å². The summed E-state index contributed by atoms with van der Waals surface area (Å²) in [7, 11) is 0. The van der Waals surface area contributed by atoms with Gasteiger partial charge in [0.05, 0.1) is 29.8 Å². The Balaban J connectivity index is 1.05. The van der Waals surface area contributed by atoms with Crippen molar-refractivity contribution in [3.63, 3.8) is 0 Å². The Morgan fingerprint density at radius 3 is 2.25 bits per heavy atom. The first-order valence-corrected chi connectivity index (χ1v) is 16.8. The SMILES string of the molecule is CC1C(CN2CCC(n3c(=O)[nH]c4ccccc43)CC2)OC(c2ccc(CNC(=O)c3ccccc3)cc2)OC1c1ccc(CO)cc1. The molecule has 48 heavy (non-hydrogen) atoms. The number of aliphatic hydroxyl groups is 1. The van der Waals surface area contributed by atoms with Crippen LogP contribution >= 0.6 is 0 Å². The van der Waals surface area contributed by atoms with Crippen molar-refractivity contribution < 1.29 is 19.4 Å². The van der Waals surface area contributed by atoms with Crippen LogP contribution in [0.4, 0.5) is 0 Å². The largest absolute Gasteiger partial charge is 0.392 e. The average Bonchev–Trinajstić information content (AvgIpc) is 3.48. The van der Waals surface area contributed by atoms with E-state index in [2.05, 4.69) is 22.1 Å². The van der Waals surface area contributed by atoms with Gasteiger partial charge in [-0.25, -0.2) is 4.79 Å². The van der Waals surface area contributed by atoms with Gasteiger partial charge < -0.3 is 29.8 Å². The highest BCUT2D eigenvalue weighted by atomic mass is 16.7. The number of carbonyl (C=O) groups is 1. The second-order valence-corrected chi connectivity index (χ2v) is 13.0. The van der Waals surface area contributed by atoms with Gasteiger partial charge in [0.25, 0.3) is 5.91 Å². The van der Waals surface area contributed by atoms with Crippen molar-refractivity contribution >= 4 is 16.9 Å². The maximum absolute atomic E-state index is 12.8. The Morgan fingerprint density at radius 2 is 1.52 bits per heavy atom. The van der Waals surface area contributed by atoms with Crippen LogP contribution < -0.4 is 11.0 Å². The van der Waals surface area contributed by atoms with Crippen molar-refractivity contribution in [3.8, 4) is 0 Å². The van der Waals surface area contributed by atoms with Crippen LogP contribution in [0.2, 0.25) is 0 Å².